The average molecular weight is 269 g/mol. The average Bonchev–Trinajstić information content (AvgIpc) is 2.77. The Morgan fingerprint density at radius 1 is 1.63 bits per heavy atom. The number of nitrogens with two attached hydrogens (primary N) is 1. The lowest BCUT2D eigenvalue weighted by Gasteiger charge is -2.14. The van der Waals surface area contributed by atoms with E-state index in [1.807, 2.05) is 0 Å². The highest BCUT2D eigenvalue weighted by atomic mass is 16.5. The number of hydrogen-bond donors (Lipinski definition) is 3. The third-order valence-electron chi connectivity index (χ3n) is 3.24. The van der Waals surface area contributed by atoms with E-state index in [0.29, 0.717) is 5.56 Å². The van der Waals surface area contributed by atoms with E-state index in [0.717, 1.165) is 0 Å². The Hall–Kier alpha value is -1.93. The molecule has 1 saturated heterocycles. The van der Waals surface area contributed by atoms with Crippen LogP contribution in [0.2, 0.25) is 0 Å². The fourth-order valence-electron chi connectivity index (χ4n) is 2.17. The van der Waals surface area contributed by atoms with Gasteiger partial charge in [-0.1, -0.05) is 0 Å². The van der Waals surface area contributed by atoms with Gasteiger partial charge in [0.25, 0.3) is 5.56 Å². The number of aliphatic hydroxyl groups is 1. The largest absolute Gasteiger partial charge is 0.394 e. The van der Waals surface area contributed by atoms with Gasteiger partial charge in [-0.15, -0.1) is 0 Å². The summed E-state index contributed by atoms with van der Waals surface area (Å²) in [7, 11) is 0. The van der Waals surface area contributed by atoms with Gasteiger partial charge in [-0.05, 0) is 6.92 Å². The van der Waals surface area contributed by atoms with E-state index < -0.39 is 35.4 Å². The number of nitrogens with zero attached hydrogens (tertiary/aromatic N) is 1. The summed E-state index contributed by atoms with van der Waals surface area (Å²) in [5.41, 5.74) is 4.48. The maximum absolute atomic E-state index is 11.7. The number of aryl methyl sites for hydroxylation is 1. The lowest BCUT2D eigenvalue weighted by atomic mass is 10.0. The number of ether oxygens (including phenoxy) is 1. The van der Waals surface area contributed by atoms with Crippen LogP contribution in [0.25, 0.3) is 0 Å². The Labute approximate surface area is 107 Å². The number of aromatic nitrogens is 2. The van der Waals surface area contributed by atoms with Gasteiger partial charge in [-0.3, -0.25) is 19.1 Å². The van der Waals surface area contributed by atoms with Gasteiger partial charge in [-0.25, -0.2) is 4.79 Å². The van der Waals surface area contributed by atoms with Crippen LogP contribution >= 0.6 is 0 Å². The van der Waals surface area contributed by atoms with Crippen LogP contribution in [0.1, 0.15) is 18.2 Å². The first-order chi connectivity index (χ1) is 8.93. The van der Waals surface area contributed by atoms with Crippen molar-refractivity contribution in [3.8, 4) is 0 Å². The lowest BCUT2D eigenvalue weighted by molar-refractivity contribution is -0.124. The Balaban J connectivity index is 2.35. The normalized spacial score (nSPS) is 26.5. The predicted molar refractivity (Wildman–Crippen MR) is 64.4 cm³/mol. The number of hydrogen-bond acceptors (Lipinski definition) is 5. The van der Waals surface area contributed by atoms with Gasteiger partial charge in [0.15, 0.2) is 0 Å². The zero-order chi connectivity index (χ0) is 14.2. The fraction of sp³-hybridized carbons (Fsp3) is 0.545. The maximum Gasteiger partial charge on any atom is 0.330 e. The van der Waals surface area contributed by atoms with E-state index >= 15 is 0 Å². The monoisotopic (exact) mass is 269 g/mol. The Morgan fingerprint density at radius 2 is 2.32 bits per heavy atom. The summed E-state index contributed by atoms with van der Waals surface area (Å²) in [5.74, 6) is -1.25. The molecule has 0 saturated carbocycles. The molecular weight excluding hydrogens is 254 g/mol. The van der Waals surface area contributed by atoms with Crippen LogP contribution in [-0.2, 0) is 9.53 Å². The van der Waals surface area contributed by atoms with Crippen molar-refractivity contribution in [2.45, 2.75) is 25.7 Å². The Kier molecular flexibility index (Phi) is 3.54. The number of rotatable bonds is 3. The molecule has 2 heterocycles. The summed E-state index contributed by atoms with van der Waals surface area (Å²) in [4.78, 5) is 36.4. The first-order valence-corrected chi connectivity index (χ1v) is 5.81. The highest BCUT2D eigenvalue weighted by Gasteiger charge is 2.39. The molecule has 8 heteroatoms. The van der Waals surface area contributed by atoms with Gasteiger partial charge in [0.05, 0.1) is 18.6 Å². The smallest absolute Gasteiger partial charge is 0.330 e. The molecule has 4 N–H and O–H groups in total. The van der Waals surface area contributed by atoms with E-state index in [9.17, 15) is 14.4 Å². The number of H-pyrrole nitrogens is 1. The molecule has 2 rings (SSSR count). The second kappa shape index (κ2) is 4.98. The number of aromatic amines is 1. The predicted octanol–water partition coefficient (Wildman–Crippen LogP) is -1.77. The zero-order valence-electron chi connectivity index (χ0n) is 10.3. The van der Waals surface area contributed by atoms with Gasteiger partial charge < -0.3 is 15.6 Å². The number of carbonyl (C=O) groups excluding carboxylic acids is 1. The molecule has 0 aliphatic carbocycles. The van der Waals surface area contributed by atoms with Crippen LogP contribution in [0.5, 0.6) is 0 Å². The Bertz CT molecular complexity index is 605. The third kappa shape index (κ3) is 2.45. The molecule has 0 spiro atoms. The van der Waals surface area contributed by atoms with E-state index in [-0.39, 0.29) is 13.0 Å². The van der Waals surface area contributed by atoms with Crippen molar-refractivity contribution in [2.24, 2.45) is 11.7 Å². The van der Waals surface area contributed by atoms with Crippen LogP contribution in [-0.4, -0.2) is 33.3 Å². The molecule has 1 aromatic rings. The van der Waals surface area contributed by atoms with Crippen LogP contribution in [0.15, 0.2) is 15.8 Å². The minimum atomic E-state index is -0.735. The van der Waals surface area contributed by atoms with Gasteiger partial charge in [-0.2, -0.15) is 0 Å². The number of primary amides is 1. The summed E-state index contributed by atoms with van der Waals surface area (Å²) in [6.45, 7) is 1.19. The van der Waals surface area contributed by atoms with Gasteiger partial charge in [0, 0.05) is 18.2 Å². The summed E-state index contributed by atoms with van der Waals surface area (Å²) in [6.07, 6.45) is 0.0922. The van der Waals surface area contributed by atoms with Crippen LogP contribution in [0.3, 0.4) is 0 Å². The van der Waals surface area contributed by atoms with Crippen molar-refractivity contribution in [3.05, 3.63) is 32.6 Å². The maximum atomic E-state index is 11.7. The van der Waals surface area contributed by atoms with Crippen molar-refractivity contribution in [1.82, 2.24) is 9.55 Å². The molecule has 1 amide bonds. The lowest BCUT2D eigenvalue weighted by Crippen LogP contribution is -2.33. The summed E-state index contributed by atoms with van der Waals surface area (Å²) in [6, 6.07) is 0. The summed E-state index contributed by atoms with van der Waals surface area (Å²) >= 11 is 0. The molecule has 0 unspecified atom stereocenters. The number of carbonyl (C=O) groups is 1. The van der Waals surface area contributed by atoms with E-state index in [1.165, 1.54) is 10.8 Å². The minimum Gasteiger partial charge on any atom is -0.394 e. The first kappa shape index (κ1) is 13.5. The van der Waals surface area contributed by atoms with Crippen molar-refractivity contribution in [2.75, 3.05) is 6.61 Å². The van der Waals surface area contributed by atoms with Crippen molar-refractivity contribution in [3.63, 3.8) is 0 Å². The molecular formula is C11H15N3O5. The molecule has 0 bridgehead atoms. The minimum absolute atomic E-state index is 0.186. The molecule has 3 atom stereocenters. The molecule has 19 heavy (non-hydrogen) atoms. The van der Waals surface area contributed by atoms with Gasteiger partial charge in [0.2, 0.25) is 5.91 Å². The highest BCUT2D eigenvalue weighted by molar-refractivity contribution is 5.77. The van der Waals surface area contributed by atoms with Crippen molar-refractivity contribution in [1.29, 1.82) is 0 Å². The topological polar surface area (TPSA) is 127 Å². The van der Waals surface area contributed by atoms with E-state index in [2.05, 4.69) is 4.98 Å². The zero-order valence-corrected chi connectivity index (χ0v) is 10.3. The fourth-order valence-corrected chi connectivity index (χ4v) is 2.17. The third-order valence-corrected chi connectivity index (χ3v) is 3.24. The standard InChI is InChI=1S/C11H15N3O5/c1-5-3-14(11(18)13-10(5)17)8-2-6(9(12)16)7(4-15)19-8/h3,6-8,15H,2,4H2,1H3,(H2,12,16)(H,13,17,18)/t6-,7-,8-/m1/s1. The second-order valence-electron chi connectivity index (χ2n) is 4.53. The molecule has 0 radical (unpaired) electrons. The molecule has 1 aliphatic rings. The summed E-state index contributed by atoms with van der Waals surface area (Å²) in [5, 5.41) is 9.14. The van der Waals surface area contributed by atoms with Crippen molar-refractivity contribution < 1.29 is 14.6 Å². The second-order valence-corrected chi connectivity index (χ2v) is 4.53. The molecule has 0 aromatic carbocycles. The number of amides is 1. The molecule has 1 aliphatic heterocycles. The van der Waals surface area contributed by atoms with E-state index in [4.69, 9.17) is 15.6 Å². The molecule has 1 fully saturated rings. The van der Waals surface area contributed by atoms with Crippen LogP contribution in [0.4, 0.5) is 0 Å². The van der Waals surface area contributed by atoms with Crippen molar-refractivity contribution >= 4 is 5.91 Å². The quantitative estimate of drug-likeness (QED) is 0.598. The molecule has 8 nitrogen and oxygen atoms in total. The van der Waals surface area contributed by atoms with Gasteiger partial charge >= 0.3 is 5.69 Å². The number of nitrogens with one attached hydrogen (secondary N) is 1. The van der Waals surface area contributed by atoms with E-state index in [1.54, 1.807) is 6.92 Å². The first-order valence-electron chi connectivity index (χ1n) is 5.81. The highest BCUT2D eigenvalue weighted by Crippen LogP contribution is 2.32. The molecule has 104 valence electrons. The van der Waals surface area contributed by atoms with Crippen LogP contribution in [0, 0.1) is 12.8 Å². The number of aliphatic hydroxyl groups excluding tert-OH is 1. The SMILES string of the molecule is Cc1cn([C@H]2C[C@@H](C(N)=O)[C@@H](CO)O2)c(=O)[nH]c1=O. The van der Waals surface area contributed by atoms with Crippen LogP contribution < -0.4 is 17.0 Å². The Morgan fingerprint density at radius 3 is 2.84 bits per heavy atom. The van der Waals surface area contributed by atoms with Gasteiger partial charge in [0.1, 0.15) is 6.23 Å². The molecule has 1 aromatic heterocycles. The summed E-state index contributed by atoms with van der Waals surface area (Å²) < 4.78 is 6.63.